The molecule has 0 radical (unpaired) electrons. The molecule has 1 saturated carbocycles. The number of anilines is 1. The van der Waals surface area contributed by atoms with Crippen LogP contribution < -0.4 is 11.1 Å². The van der Waals surface area contributed by atoms with Gasteiger partial charge in [-0.3, -0.25) is 4.79 Å². The van der Waals surface area contributed by atoms with Gasteiger partial charge in [0, 0.05) is 23.2 Å². The Morgan fingerprint density at radius 1 is 0.957 bits per heavy atom. The van der Waals surface area contributed by atoms with Gasteiger partial charge < -0.3 is 11.1 Å². The third-order valence-electron chi connectivity index (χ3n) is 4.45. The summed E-state index contributed by atoms with van der Waals surface area (Å²) >= 11 is 0. The lowest BCUT2D eigenvalue weighted by Crippen LogP contribution is -2.11. The van der Waals surface area contributed by atoms with Crippen LogP contribution in [0.3, 0.4) is 0 Å². The van der Waals surface area contributed by atoms with Crippen molar-refractivity contribution in [2.75, 3.05) is 5.32 Å². The summed E-state index contributed by atoms with van der Waals surface area (Å²) in [5.74, 6) is 0.395. The third kappa shape index (κ3) is 2.83. The van der Waals surface area contributed by atoms with Gasteiger partial charge in [-0.15, -0.1) is 0 Å². The zero-order chi connectivity index (χ0) is 15.8. The topological polar surface area (TPSA) is 55.1 Å². The highest BCUT2D eigenvalue weighted by atomic mass is 16.1. The van der Waals surface area contributed by atoms with E-state index in [1.54, 1.807) is 0 Å². The van der Waals surface area contributed by atoms with Crippen LogP contribution >= 0.6 is 0 Å². The largest absolute Gasteiger partial charge is 0.327 e. The van der Waals surface area contributed by atoms with Gasteiger partial charge in [0.05, 0.1) is 0 Å². The van der Waals surface area contributed by atoms with Gasteiger partial charge in [0.2, 0.25) is 0 Å². The first-order valence-corrected chi connectivity index (χ1v) is 7.86. The Balaban J connectivity index is 1.52. The van der Waals surface area contributed by atoms with E-state index in [1.165, 1.54) is 5.56 Å². The molecule has 3 aromatic carbocycles. The molecule has 1 fully saturated rings. The van der Waals surface area contributed by atoms with E-state index < -0.39 is 0 Å². The van der Waals surface area contributed by atoms with E-state index in [0.29, 0.717) is 17.5 Å². The van der Waals surface area contributed by atoms with E-state index in [-0.39, 0.29) is 5.91 Å². The number of carbonyl (C=O) groups excluding carboxylic acids is 1. The molecule has 0 aromatic heterocycles. The van der Waals surface area contributed by atoms with Crippen LogP contribution in [0.4, 0.5) is 5.69 Å². The predicted molar refractivity (Wildman–Crippen MR) is 93.7 cm³/mol. The van der Waals surface area contributed by atoms with E-state index >= 15 is 0 Å². The second-order valence-corrected chi connectivity index (χ2v) is 6.14. The molecule has 0 heterocycles. The smallest absolute Gasteiger partial charge is 0.255 e. The standard InChI is InChI=1S/C20H18N2O/c21-19-12-18(19)14-7-9-17(10-8-14)22-20(23)16-6-5-13-3-1-2-4-15(13)11-16/h1-11,18-19H,12,21H2,(H,22,23). The zero-order valence-electron chi connectivity index (χ0n) is 12.7. The monoisotopic (exact) mass is 302 g/mol. The van der Waals surface area contributed by atoms with E-state index in [0.717, 1.165) is 22.9 Å². The fourth-order valence-corrected chi connectivity index (χ4v) is 2.95. The fourth-order valence-electron chi connectivity index (χ4n) is 2.95. The molecular formula is C20H18N2O. The maximum Gasteiger partial charge on any atom is 0.255 e. The van der Waals surface area contributed by atoms with Crippen molar-refractivity contribution in [3.63, 3.8) is 0 Å². The summed E-state index contributed by atoms with van der Waals surface area (Å²) in [5.41, 5.74) is 8.59. The van der Waals surface area contributed by atoms with Crippen molar-refractivity contribution in [3.8, 4) is 0 Å². The quantitative estimate of drug-likeness (QED) is 0.771. The van der Waals surface area contributed by atoms with Crippen molar-refractivity contribution in [2.45, 2.75) is 18.4 Å². The first-order chi connectivity index (χ1) is 11.2. The number of fused-ring (bicyclic) bond motifs is 1. The average molecular weight is 302 g/mol. The van der Waals surface area contributed by atoms with Crippen LogP contribution in [-0.2, 0) is 0 Å². The van der Waals surface area contributed by atoms with Crippen LogP contribution in [0, 0.1) is 0 Å². The SMILES string of the molecule is NC1CC1c1ccc(NC(=O)c2ccc3ccccc3c2)cc1. The lowest BCUT2D eigenvalue weighted by molar-refractivity contribution is 0.102. The highest BCUT2D eigenvalue weighted by Gasteiger charge is 2.34. The van der Waals surface area contributed by atoms with Gasteiger partial charge >= 0.3 is 0 Å². The van der Waals surface area contributed by atoms with E-state index in [1.807, 2.05) is 66.7 Å². The van der Waals surface area contributed by atoms with Crippen molar-refractivity contribution in [3.05, 3.63) is 77.9 Å². The molecule has 4 rings (SSSR count). The molecule has 3 nitrogen and oxygen atoms in total. The molecule has 0 spiro atoms. The molecule has 2 unspecified atom stereocenters. The lowest BCUT2D eigenvalue weighted by Gasteiger charge is -2.07. The van der Waals surface area contributed by atoms with Crippen LogP contribution in [0.1, 0.15) is 28.3 Å². The van der Waals surface area contributed by atoms with Crippen LogP contribution in [0.25, 0.3) is 10.8 Å². The Kier molecular flexibility index (Phi) is 3.36. The van der Waals surface area contributed by atoms with E-state index in [4.69, 9.17) is 5.73 Å². The summed E-state index contributed by atoms with van der Waals surface area (Å²) in [6.07, 6.45) is 1.06. The first-order valence-electron chi connectivity index (χ1n) is 7.86. The summed E-state index contributed by atoms with van der Waals surface area (Å²) in [4.78, 5) is 12.4. The second kappa shape index (κ2) is 5.52. The molecule has 0 aliphatic heterocycles. The number of nitrogens with two attached hydrogens (primary N) is 1. The van der Waals surface area contributed by atoms with Gasteiger partial charge in [0.25, 0.3) is 5.91 Å². The van der Waals surface area contributed by atoms with Gasteiger partial charge in [-0.05, 0) is 47.0 Å². The minimum Gasteiger partial charge on any atom is -0.327 e. The van der Waals surface area contributed by atoms with Crippen molar-refractivity contribution < 1.29 is 4.79 Å². The maximum absolute atomic E-state index is 12.4. The van der Waals surface area contributed by atoms with Gasteiger partial charge in [0.15, 0.2) is 0 Å². The number of carbonyl (C=O) groups is 1. The normalized spacial score (nSPS) is 19.5. The van der Waals surface area contributed by atoms with E-state index in [9.17, 15) is 4.79 Å². The molecule has 1 amide bonds. The fraction of sp³-hybridized carbons (Fsp3) is 0.150. The van der Waals surface area contributed by atoms with Crippen molar-refractivity contribution in [1.82, 2.24) is 0 Å². The second-order valence-electron chi connectivity index (χ2n) is 6.14. The molecule has 3 aromatic rings. The summed E-state index contributed by atoms with van der Waals surface area (Å²) in [5, 5.41) is 5.15. The highest BCUT2D eigenvalue weighted by Crippen LogP contribution is 2.39. The molecular weight excluding hydrogens is 284 g/mol. The number of hydrogen-bond acceptors (Lipinski definition) is 2. The molecule has 1 aliphatic carbocycles. The Bertz CT molecular complexity index is 870. The minimum absolute atomic E-state index is 0.0911. The molecule has 3 N–H and O–H groups in total. The summed E-state index contributed by atoms with van der Waals surface area (Å²) in [6.45, 7) is 0. The third-order valence-corrected chi connectivity index (χ3v) is 4.45. The number of benzene rings is 3. The van der Waals surface area contributed by atoms with Gasteiger partial charge in [0.1, 0.15) is 0 Å². The molecule has 23 heavy (non-hydrogen) atoms. The Morgan fingerprint density at radius 2 is 1.65 bits per heavy atom. The molecule has 0 bridgehead atoms. The number of hydrogen-bond donors (Lipinski definition) is 2. The van der Waals surface area contributed by atoms with Gasteiger partial charge in [-0.25, -0.2) is 0 Å². The van der Waals surface area contributed by atoms with Crippen LogP contribution in [0.5, 0.6) is 0 Å². The molecule has 3 heteroatoms. The zero-order valence-corrected chi connectivity index (χ0v) is 12.7. The Hall–Kier alpha value is -2.65. The lowest BCUT2D eigenvalue weighted by atomic mass is 10.1. The Labute approximate surface area is 135 Å². The molecule has 2 atom stereocenters. The van der Waals surface area contributed by atoms with Crippen LogP contribution in [0.2, 0.25) is 0 Å². The molecule has 0 saturated heterocycles. The minimum atomic E-state index is -0.0911. The van der Waals surface area contributed by atoms with Crippen molar-refractivity contribution in [1.29, 1.82) is 0 Å². The predicted octanol–water partition coefficient (Wildman–Crippen LogP) is 3.91. The van der Waals surface area contributed by atoms with E-state index in [2.05, 4.69) is 5.32 Å². The summed E-state index contributed by atoms with van der Waals surface area (Å²) < 4.78 is 0. The maximum atomic E-state index is 12.4. The van der Waals surface area contributed by atoms with Crippen LogP contribution in [-0.4, -0.2) is 11.9 Å². The van der Waals surface area contributed by atoms with Crippen molar-refractivity contribution in [2.24, 2.45) is 5.73 Å². The molecule has 1 aliphatic rings. The number of nitrogens with one attached hydrogen (secondary N) is 1. The Morgan fingerprint density at radius 3 is 2.35 bits per heavy atom. The van der Waals surface area contributed by atoms with Crippen LogP contribution in [0.15, 0.2) is 66.7 Å². The summed E-state index contributed by atoms with van der Waals surface area (Å²) in [6, 6.07) is 22.1. The number of amides is 1. The average Bonchev–Trinajstić information content (AvgIpc) is 3.32. The van der Waals surface area contributed by atoms with Crippen molar-refractivity contribution >= 4 is 22.4 Å². The summed E-state index contributed by atoms with van der Waals surface area (Å²) in [7, 11) is 0. The molecule has 114 valence electrons. The first kappa shape index (κ1) is 14.0. The van der Waals surface area contributed by atoms with Gasteiger partial charge in [-0.1, -0.05) is 42.5 Å². The van der Waals surface area contributed by atoms with Gasteiger partial charge in [-0.2, -0.15) is 0 Å². The highest BCUT2D eigenvalue weighted by molar-refractivity contribution is 6.06. The number of rotatable bonds is 3.